The predicted octanol–water partition coefficient (Wildman–Crippen LogP) is 2.11. The van der Waals surface area contributed by atoms with Gasteiger partial charge in [-0.2, -0.15) is 0 Å². The minimum absolute atomic E-state index is 0.0273. The molecule has 0 radical (unpaired) electrons. The van der Waals surface area contributed by atoms with Crippen LogP contribution in [0, 0.1) is 10.1 Å². The van der Waals surface area contributed by atoms with E-state index in [1.165, 1.54) is 24.3 Å². The van der Waals surface area contributed by atoms with Crippen LogP contribution in [0.25, 0.3) is 11.3 Å². The molecule has 104 valence electrons. The Bertz CT molecular complexity index is 792. The summed E-state index contributed by atoms with van der Waals surface area (Å²) in [6.45, 7) is 0. The van der Waals surface area contributed by atoms with Crippen molar-refractivity contribution < 1.29 is 13.3 Å². The Morgan fingerprint density at radius 1 is 1.30 bits per heavy atom. The number of aromatic nitrogens is 2. The third-order valence-electron chi connectivity index (χ3n) is 2.50. The van der Waals surface area contributed by atoms with E-state index in [1.807, 2.05) is 0 Å². The normalized spacial score (nSPS) is 11.3. The number of halogens is 1. The third-order valence-corrected chi connectivity index (χ3v) is 3.88. The lowest BCUT2D eigenvalue weighted by Crippen LogP contribution is -2.00. The molecule has 2 aromatic rings. The number of rotatable bonds is 3. The first kappa shape index (κ1) is 14.4. The molecule has 0 bridgehead atoms. The third kappa shape index (κ3) is 2.75. The maximum Gasteiger partial charge on any atom is 0.332 e. The maximum absolute atomic E-state index is 11.5. The second-order valence-electron chi connectivity index (χ2n) is 3.92. The fourth-order valence-corrected chi connectivity index (χ4v) is 2.47. The molecule has 0 atom stereocenters. The van der Waals surface area contributed by atoms with Gasteiger partial charge in [0.2, 0.25) is 5.15 Å². The summed E-state index contributed by atoms with van der Waals surface area (Å²) in [6.07, 6.45) is 2.13. The summed E-state index contributed by atoms with van der Waals surface area (Å²) in [4.78, 5) is 17.7. The van der Waals surface area contributed by atoms with Gasteiger partial charge in [0.1, 0.15) is 6.33 Å². The molecule has 0 aliphatic carbocycles. The summed E-state index contributed by atoms with van der Waals surface area (Å²) in [5.41, 5.74) is -0.204. The van der Waals surface area contributed by atoms with Gasteiger partial charge in [0.15, 0.2) is 15.5 Å². The van der Waals surface area contributed by atoms with Gasteiger partial charge in [0, 0.05) is 11.8 Å². The van der Waals surface area contributed by atoms with Gasteiger partial charge >= 0.3 is 5.69 Å². The number of hydrogen-bond donors (Lipinski definition) is 0. The summed E-state index contributed by atoms with van der Waals surface area (Å²) in [5.74, 6) is 0. The van der Waals surface area contributed by atoms with Crippen molar-refractivity contribution in [3.63, 3.8) is 0 Å². The standard InChI is InChI=1S/C11H8ClN3O4S/c1-20(18,19)8-4-2-3-7(5-8)9-10(15(16)17)11(12)14-6-13-9/h2-6H,1H3. The number of nitro groups is 1. The molecule has 0 N–H and O–H groups in total. The van der Waals surface area contributed by atoms with Crippen LogP contribution in [0.4, 0.5) is 5.69 Å². The monoisotopic (exact) mass is 313 g/mol. The lowest BCUT2D eigenvalue weighted by molar-refractivity contribution is -0.384. The number of hydrogen-bond acceptors (Lipinski definition) is 6. The Hall–Kier alpha value is -2.06. The van der Waals surface area contributed by atoms with Gasteiger partial charge in [0.05, 0.1) is 9.82 Å². The molecule has 1 heterocycles. The first-order chi connectivity index (χ1) is 9.30. The molecule has 1 aromatic heterocycles. The first-order valence-corrected chi connectivity index (χ1v) is 7.53. The highest BCUT2D eigenvalue weighted by molar-refractivity contribution is 7.90. The SMILES string of the molecule is CS(=O)(=O)c1cccc(-c2ncnc(Cl)c2[N+](=O)[O-])c1. The highest BCUT2D eigenvalue weighted by Crippen LogP contribution is 2.33. The molecule has 0 saturated carbocycles. The van der Waals surface area contributed by atoms with Gasteiger partial charge in [0.25, 0.3) is 0 Å². The van der Waals surface area contributed by atoms with Crippen LogP contribution >= 0.6 is 11.6 Å². The Labute approximate surface area is 119 Å². The van der Waals surface area contributed by atoms with E-state index in [0.717, 1.165) is 12.6 Å². The topological polar surface area (TPSA) is 103 Å². The molecule has 0 unspecified atom stereocenters. The minimum Gasteiger partial charge on any atom is -0.258 e. The van der Waals surface area contributed by atoms with E-state index in [9.17, 15) is 18.5 Å². The van der Waals surface area contributed by atoms with E-state index < -0.39 is 20.4 Å². The van der Waals surface area contributed by atoms with Crippen molar-refractivity contribution in [1.82, 2.24) is 9.97 Å². The molecule has 0 amide bonds. The molecule has 0 saturated heterocycles. The second-order valence-corrected chi connectivity index (χ2v) is 6.29. The van der Waals surface area contributed by atoms with Crippen LogP contribution in [0.1, 0.15) is 0 Å². The largest absolute Gasteiger partial charge is 0.332 e. The molecule has 9 heteroatoms. The molecule has 20 heavy (non-hydrogen) atoms. The van der Waals surface area contributed by atoms with Crippen LogP contribution in [0.2, 0.25) is 5.15 Å². The molecule has 0 spiro atoms. The van der Waals surface area contributed by atoms with E-state index >= 15 is 0 Å². The lowest BCUT2D eigenvalue weighted by Gasteiger charge is -2.04. The van der Waals surface area contributed by atoms with Crippen LogP contribution in [0.5, 0.6) is 0 Å². The molecule has 7 nitrogen and oxygen atoms in total. The van der Waals surface area contributed by atoms with Crippen molar-refractivity contribution in [1.29, 1.82) is 0 Å². The summed E-state index contributed by atoms with van der Waals surface area (Å²) in [5, 5.41) is 10.7. The molecule has 1 aromatic carbocycles. The fourth-order valence-electron chi connectivity index (χ4n) is 1.60. The number of benzene rings is 1. The molecular formula is C11H8ClN3O4S. The van der Waals surface area contributed by atoms with Crippen molar-refractivity contribution in [2.24, 2.45) is 0 Å². The summed E-state index contributed by atoms with van der Waals surface area (Å²) >= 11 is 5.69. The van der Waals surface area contributed by atoms with E-state index in [4.69, 9.17) is 11.6 Å². The molecule has 0 aliphatic rings. The summed E-state index contributed by atoms with van der Waals surface area (Å²) in [6, 6.07) is 5.69. The average Bonchev–Trinajstić information content (AvgIpc) is 2.37. The van der Waals surface area contributed by atoms with E-state index in [1.54, 1.807) is 0 Å². The predicted molar refractivity (Wildman–Crippen MR) is 72.2 cm³/mol. The highest BCUT2D eigenvalue weighted by atomic mass is 35.5. The second kappa shape index (κ2) is 5.14. The van der Waals surface area contributed by atoms with Gasteiger partial charge in [-0.1, -0.05) is 23.7 Å². The van der Waals surface area contributed by atoms with Gasteiger partial charge in [-0.3, -0.25) is 10.1 Å². The van der Waals surface area contributed by atoms with Crippen molar-refractivity contribution in [2.75, 3.05) is 6.26 Å². The number of nitrogens with zero attached hydrogens (tertiary/aromatic N) is 3. The average molecular weight is 314 g/mol. The molecule has 2 rings (SSSR count). The van der Waals surface area contributed by atoms with Crippen molar-refractivity contribution in [3.8, 4) is 11.3 Å². The van der Waals surface area contributed by atoms with Crippen molar-refractivity contribution in [2.45, 2.75) is 4.90 Å². The smallest absolute Gasteiger partial charge is 0.258 e. The lowest BCUT2D eigenvalue weighted by atomic mass is 10.1. The Morgan fingerprint density at radius 3 is 2.60 bits per heavy atom. The molecule has 0 aliphatic heterocycles. The Morgan fingerprint density at radius 2 is 2.00 bits per heavy atom. The summed E-state index contributed by atoms with van der Waals surface area (Å²) in [7, 11) is -3.42. The Balaban J connectivity index is 2.70. The van der Waals surface area contributed by atoms with Crippen LogP contribution in [-0.2, 0) is 9.84 Å². The van der Waals surface area contributed by atoms with Crippen LogP contribution < -0.4 is 0 Å². The minimum atomic E-state index is -3.42. The van der Waals surface area contributed by atoms with E-state index in [0.29, 0.717) is 0 Å². The van der Waals surface area contributed by atoms with Crippen molar-refractivity contribution >= 4 is 27.1 Å². The van der Waals surface area contributed by atoms with Gasteiger partial charge in [-0.05, 0) is 12.1 Å². The van der Waals surface area contributed by atoms with Crippen LogP contribution in [-0.4, -0.2) is 29.6 Å². The zero-order valence-electron chi connectivity index (χ0n) is 10.1. The van der Waals surface area contributed by atoms with Crippen molar-refractivity contribution in [3.05, 3.63) is 45.9 Å². The zero-order valence-corrected chi connectivity index (χ0v) is 11.7. The van der Waals surface area contributed by atoms with E-state index in [2.05, 4.69) is 9.97 Å². The molecule has 0 fully saturated rings. The summed E-state index contributed by atoms with van der Waals surface area (Å²) < 4.78 is 23.0. The maximum atomic E-state index is 11.5. The zero-order chi connectivity index (χ0) is 14.9. The van der Waals surface area contributed by atoms with Gasteiger partial charge < -0.3 is 0 Å². The van der Waals surface area contributed by atoms with Gasteiger partial charge in [-0.25, -0.2) is 18.4 Å². The number of sulfone groups is 1. The first-order valence-electron chi connectivity index (χ1n) is 5.26. The van der Waals surface area contributed by atoms with Gasteiger partial charge in [-0.15, -0.1) is 0 Å². The molecular weight excluding hydrogens is 306 g/mol. The Kier molecular flexibility index (Phi) is 3.69. The quantitative estimate of drug-likeness (QED) is 0.488. The highest BCUT2D eigenvalue weighted by Gasteiger charge is 2.23. The van der Waals surface area contributed by atoms with Crippen LogP contribution in [0.15, 0.2) is 35.5 Å². The van der Waals surface area contributed by atoms with E-state index in [-0.39, 0.29) is 21.3 Å². The van der Waals surface area contributed by atoms with Crippen LogP contribution in [0.3, 0.4) is 0 Å². The fraction of sp³-hybridized carbons (Fsp3) is 0.0909.